The van der Waals surface area contributed by atoms with E-state index in [2.05, 4.69) is 0 Å². The highest BCUT2D eigenvalue weighted by Crippen LogP contribution is 2.27. The van der Waals surface area contributed by atoms with Crippen LogP contribution in [0.5, 0.6) is 0 Å². The summed E-state index contributed by atoms with van der Waals surface area (Å²) in [6.45, 7) is 5.99. The molecule has 0 spiro atoms. The smallest absolute Gasteiger partial charge is 0.0626 e. The second kappa shape index (κ2) is 4.35. The zero-order valence-electron chi connectivity index (χ0n) is 10.1. The van der Waals surface area contributed by atoms with Crippen molar-refractivity contribution in [3.63, 3.8) is 0 Å². The molecular formula is C12H19NOS. The predicted molar refractivity (Wildman–Crippen MR) is 66.9 cm³/mol. The van der Waals surface area contributed by atoms with Crippen molar-refractivity contribution in [2.75, 3.05) is 19.0 Å². The first kappa shape index (κ1) is 12.2. The molecule has 0 aliphatic carbocycles. The lowest BCUT2D eigenvalue weighted by atomic mass is 10.3. The van der Waals surface area contributed by atoms with E-state index < -0.39 is 10.8 Å². The molecule has 0 saturated heterocycles. The van der Waals surface area contributed by atoms with Gasteiger partial charge in [-0.15, -0.1) is 0 Å². The molecule has 1 aromatic carbocycles. The Kier molecular flexibility index (Phi) is 3.55. The van der Waals surface area contributed by atoms with Crippen LogP contribution in [-0.2, 0) is 10.8 Å². The molecular weight excluding hydrogens is 206 g/mol. The number of hydrogen-bond acceptors (Lipinski definition) is 2. The molecule has 0 radical (unpaired) electrons. The molecule has 0 N–H and O–H groups in total. The van der Waals surface area contributed by atoms with Gasteiger partial charge >= 0.3 is 0 Å². The minimum absolute atomic E-state index is 0.216. The monoisotopic (exact) mass is 225 g/mol. The lowest BCUT2D eigenvalue weighted by molar-refractivity contribution is 0.649. The molecule has 0 saturated carbocycles. The van der Waals surface area contributed by atoms with Gasteiger partial charge in [0.1, 0.15) is 0 Å². The quantitative estimate of drug-likeness (QED) is 0.771. The van der Waals surface area contributed by atoms with Crippen LogP contribution in [-0.4, -0.2) is 23.1 Å². The van der Waals surface area contributed by atoms with E-state index in [0.29, 0.717) is 0 Å². The molecule has 0 heterocycles. The fourth-order valence-electron chi connectivity index (χ4n) is 1.31. The standard InChI is InChI=1S/C12H19NOS/c1-12(2,3)15(14)11-9-7-6-8-10(11)13(4)5/h6-9H,1-5H3. The van der Waals surface area contributed by atoms with Crippen LogP contribution in [0.25, 0.3) is 0 Å². The zero-order valence-corrected chi connectivity index (χ0v) is 10.9. The first-order valence-corrected chi connectivity index (χ1v) is 6.17. The lowest BCUT2D eigenvalue weighted by Gasteiger charge is -2.22. The first-order valence-electron chi connectivity index (χ1n) is 5.02. The van der Waals surface area contributed by atoms with Crippen LogP contribution < -0.4 is 4.90 Å². The summed E-state index contributed by atoms with van der Waals surface area (Å²) in [4.78, 5) is 2.91. The van der Waals surface area contributed by atoms with Crippen molar-refractivity contribution in [1.82, 2.24) is 0 Å². The van der Waals surface area contributed by atoms with E-state index in [0.717, 1.165) is 10.6 Å². The normalized spacial score (nSPS) is 13.7. The van der Waals surface area contributed by atoms with Gasteiger partial charge in [-0.3, -0.25) is 4.21 Å². The summed E-state index contributed by atoms with van der Waals surface area (Å²) in [5, 5.41) is 0. The number of para-hydroxylation sites is 1. The minimum Gasteiger partial charge on any atom is -0.377 e. The number of anilines is 1. The van der Waals surface area contributed by atoms with Crippen LogP contribution in [0.4, 0.5) is 5.69 Å². The molecule has 2 nitrogen and oxygen atoms in total. The summed E-state index contributed by atoms with van der Waals surface area (Å²) in [6, 6.07) is 7.85. The third-order valence-electron chi connectivity index (χ3n) is 2.10. The van der Waals surface area contributed by atoms with E-state index in [1.165, 1.54) is 0 Å². The van der Waals surface area contributed by atoms with Crippen molar-refractivity contribution in [2.24, 2.45) is 0 Å². The SMILES string of the molecule is CN(C)c1ccccc1S(=O)C(C)(C)C. The van der Waals surface area contributed by atoms with Gasteiger partial charge in [-0.2, -0.15) is 0 Å². The van der Waals surface area contributed by atoms with Crippen molar-refractivity contribution in [2.45, 2.75) is 30.4 Å². The van der Waals surface area contributed by atoms with Gasteiger partial charge in [0, 0.05) is 18.8 Å². The van der Waals surface area contributed by atoms with E-state index in [4.69, 9.17) is 0 Å². The molecule has 0 aliphatic heterocycles. The van der Waals surface area contributed by atoms with Crippen molar-refractivity contribution in [3.05, 3.63) is 24.3 Å². The number of rotatable bonds is 2. The largest absolute Gasteiger partial charge is 0.377 e. The van der Waals surface area contributed by atoms with Crippen LogP contribution in [0.15, 0.2) is 29.2 Å². The third kappa shape index (κ3) is 2.81. The van der Waals surface area contributed by atoms with Crippen LogP contribution in [0.1, 0.15) is 20.8 Å². The predicted octanol–water partition coefficient (Wildman–Crippen LogP) is 2.66. The summed E-state index contributed by atoms with van der Waals surface area (Å²) in [6.07, 6.45) is 0. The van der Waals surface area contributed by atoms with E-state index in [1.54, 1.807) is 0 Å². The molecule has 1 atom stereocenters. The number of nitrogens with zero attached hydrogens (tertiary/aromatic N) is 1. The molecule has 84 valence electrons. The maximum absolute atomic E-state index is 12.3. The molecule has 3 heteroatoms. The topological polar surface area (TPSA) is 20.3 Å². The molecule has 1 aromatic rings. The van der Waals surface area contributed by atoms with Crippen molar-refractivity contribution in [3.8, 4) is 0 Å². The van der Waals surface area contributed by atoms with Gasteiger partial charge in [-0.05, 0) is 32.9 Å². The third-order valence-corrected chi connectivity index (χ3v) is 3.96. The summed E-state index contributed by atoms with van der Waals surface area (Å²) in [5.74, 6) is 0. The van der Waals surface area contributed by atoms with Crippen molar-refractivity contribution >= 4 is 16.5 Å². The Morgan fingerprint density at radius 3 is 2.13 bits per heavy atom. The van der Waals surface area contributed by atoms with Gasteiger partial charge in [-0.1, -0.05) is 12.1 Å². The summed E-state index contributed by atoms with van der Waals surface area (Å²) < 4.78 is 12.1. The second-order valence-corrected chi connectivity index (χ2v) is 6.95. The molecule has 0 fully saturated rings. The molecule has 15 heavy (non-hydrogen) atoms. The van der Waals surface area contributed by atoms with Gasteiger partial charge in [0.2, 0.25) is 0 Å². The maximum atomic E-state index is 12.3. The minimum atomic E-state index is -0.975. The van der Waals surface area contributed by atoms with Gasteiger partial charge in [0.05, 0.1) is 21.4 Å². The van der Waals surface area contributed by atoms with Gasteiger partial charge < -0.3 is 4.90 Å². The van der Waals surface area contributed by atoms with E-state index in [-0.39, 0.29) is 4.75 Å². The molecule has 0 aliphatic rings. The van der Waals surface area contributed by atoms with Crippen LogP contribution in [0.2, 0.25) is 0 Å². The highest BCUT2D eigenvalue weighted by Gasteiger charge is 2.23. The Labute approximate surface area is 94.8 Å². The fraction of sp³-hybridized carbons (Fsp3) is 0.500. The average Bonchev–Trinajstić information content (AvgIpc) is 2.15. The highest BCUT2D eigenvalue weighted by molar-refractivity contribution is 7.86. The summed E-state index contributed by atoms with van der Waals surface area (Å²) in [7, 11) is 2.97. The summed E-state index contributed by atoms with van der Waals surface area (Å²) in [5.41, 5.74) is 1.03. The molecule has 1 unspecified atom stereocenters. The zero-order chi connectivity index (χ0) is 11.6. The average molecular weight is 225 g/mol. The van der Waals surface area contributed by atoms with E-state index in [9.17, 15) is 4.21 Å². The highest BCUT2D eigenvalue weighted by atomic mass is 32.2. The van der Waals surface area contributed by atoms with E-state index >= 15 is 0 Å². The van der Waals surface area contributed by atoms with Gasteiger partial charge in [0.15, 0.2) is 0 Å². The van der Waals surface area contributed by atoms with E-state index in [1.807, 2.05) is 64.0 Å². The fourth-order valence-corrected chi connectivity index (χ4v) is 2.62. The Hall–Kier alpha value is -0.830. The Morgan fingerprint density at radius 2 is 1.67 bits per heavy atom. The number of hydrogen-bond donors (Lipinski definition) is 0. The molecule has 1 rings (SSSR count). The van der Waals surface area contributed by atoms with Crippen LogP contribution in [0.3, 0.4) is 0 Å². The van der Waals surface area contributed by atoms with Crippen molar-refractivity contribution < 1.29 is 4.21 Å². The molecule has 0 aromatic heterocycles. The molecule has 0 bridgehead atoms. The lowest BCUT2D eigenvalue weighted by Crippen LogP contribution is -2.23. The Bertz CT molecular complexity index is 366. The Morgan fingerprint density at radius 1 is 1.13 bits per heavy atom. The second-order valence-electron chi connectivity index (χ2n) is 4.74. The Balaban J connectivity index is 3.20. The van der Waals surface area contributed by atoms with Gasteiger partial charge in [0.25, 0.3) is 0 Å². The van der Waals surface area contributed by atoms with Gasteiger partial charge in [-0.25, -0.2) is 0 Å². The summed E-state index contributed by atoms with van der Waals surface area (Å²) >= 11 is 0. The first-order chi connectivity index (χ1) is 6.84. The number of benzene rings is 1. The molecule has 0 amide bonds. The van der Waals surface area contributed by atoms with Crippen molar-refractivity contribution in [1.29, 1.82) is 0 Å². The maximum Gasteiger partial charge on any atom is 0.0626 e. The van der Waals surface area contributed by atoms with Crippen LogP contribution >= 0.6 is 0 Å². The van der Waals surface area contributed by atoms with Crippen LogP contribution in [0, 0.1) is 0 Å².